The molecule has 0 unspecified atom stereocenters. The van der Waals surface area contributed by atoms with Gasteiger partial charge >= 0.3 is 6.18 Å². The lowest BCUT2D eigenvalue weighted by Crippen LogP contribution is -2.32. The molecule has 0 bridgehead atoms. The number of rotatable bonds is 4. The summed E-state index contributed by atoms with van der Waals surface area (Å²) in [6.07, 6.45) is -3.66. The third-order valence-electron chi connectivity index (χ3n) is 1.77. The van der Waals surface area contributed by atoms with Crippen LogP contribution in [0, 0.1) is 0 Å². The molecule has 1 aromatic heterocycles. The molecule has 2 N–H and O–H groups in total. The van der Waals surface area contributed by atoms with Gasteiger partial charge < -0.3 is 5.73 Å². The van der Waals surface area contributed by atoms with Crippen LogP contribution >= 0.6 is 11.3 Å². The van der Waals surface area contributed by atoms with Gasteiger partial charge in [-0.1, -0.05) is 0 Å². The Kier molecular flexibility index (Phi) is 3.92. The Morgan fingerprint density at radius 2 is 2.20 bits per heavy atom. The Morgan fingerprint density at radius 1 is 1.53 bits per heavy atom. The van der Waals surface area contributed by atoms with Crippen molar-refractivity contribution < 1.29 is 13.2 Å². The zero-order chi connectivity index (χ0) is 11.5. The third kappa shape index (κ3) is 4.98. The predicted octanol–water partition coefficient (Wildman–Crippen LogP) is 1.76. The molecule has 0 saturated carbocycles. The molecule has 86 valence electrons. The molecule has 0 aromatic carbocycles. The van der Waals surface area contributed by atoms with Crippen molar-refractivity contribution in [3.05, 3.63) is 11.1 Å². The quantitative estimate of drug-likeness (QED) is 0.870. The van der Waals surface area contributed by atoms with E-state index >= 15 is 0 Å². The Hall–Kier alpha value is -0.820. The van der Waals surface area contributed by atoms with Gasteiger partial charge in [0.2, 0.25) is 0 Å². The summed E-state index contributed by atoms with van der Waals surface area (Å²) in [4.78, 5) is 5.19. The van der Waals surface area contributed by atoms with Crippen LogP contribution in [0.1, 0.15) is 5.69 Å². The number of hydrogen-bond donors (Lipinski definition) is 1. The molecular weight excluding hydrogens is 227 g/mol. The first-order valence-corrected chi connectivity index (χ1v) is 5.20. The summed E-state index contributed by atoms with van der Waals surface area (Å²) in [5.41, 5.74) is 6.14. The van der Waals surface area contributed by atoms with E-state index < -0.39 is 12.7 Å². The molecule has 1 rings (SSSR count). The van der Waals surface area contributed by atoms with Crippen molar-refractivity contribution in [3.63, 3.8) is 0 Å². The van der Waals surface area contributed by atoms with E-state index in [9.17, 15) is 13.2 Å². The summed E-state index contributed by atoms with van der Waals surface area (Å²) in [5.74, 6) is 0. The van der Waals surface area contributed by atoms with Crippen LogP contribution in [0.4, 0.5) is 18.3 Å². The first-order valence-electron chi connectivity index (χ1n) is 4.32. The summed E-state index contributed by atoms with van der Waals surface area (Å²) in [6, 6.07) is 0. The standard InChI is InChI=1S/C8H12F3N3S/c1-14(5-8(9,10)11)3-2-6-4-15-7(12)13-6/h4H,2-3,5H2,1H3,(H2,12,13). The predicted molar refractivity (Wildman–Crippen MR) is 53.8 cm³/mol. The van der Waals surface area contributed by atoms with Crippen molar-refractivity contribution in [3.8, 4) is 0 Å². The number of thiazole rings is 1. The topological polar surface area (TPSA) is 42.1 Å². The molecule has 0 aliphatic carbocycles. The van der Waals surface area contributed by atoms with E-state index in [2.05, 4.69) is 4.98 Å². The van der Waals surface area contributed by atoms with Gasteiger partial charge in [-0.2, -0.15) is 13.2 Å². The number of alkyl halides is 3. The molecular formula is C8H12F3N3S. The fraction of sp³-hybridized carbons (Fsp3) is 0.625. The van der Waals surface area contributed by atoms with Crippen LogP contribution in [-0.4, -0.2) is 36.2 Å². The van der Waals surface area contributed by atoms with E-state index in [1.54, 1.807) is 5.38 Å². The SMILES string of the molecule is CN(CCc1csc(N)n1)CC(F)(F)F. The van der Waals surface area contributed by atoms with E-state index in [1.165, 1.54) is 23.3 Å². The molecule has 7 heteroatoms. The molecule has 3 nitrogen and oxygen atoms in total. The smallest absolute Gasteiger partial charge is 0.375 e. The van der Waals surface area contributed by atoms with Crippen LogP contribution in [0.15, 0.2) is 5.38 Å². The van der Waals surface area contributed by atoms with Crippen LogP contribution in [-0.2, 0) is 6.42 Å². The molecule has 0 aliphatic heterocycles. The number of aromatic nitrogens is 1. The minimum absolute atomic E-state index is 0.322. The lowest BCUT2D eigenvalue weighted by Gasteiger charge is -2.17. The Labute approximate surface area is 89.7 Å². The Bertz CT molecular complexity index is 310. The maximum atomic E-state index is 12.0. The largest absolute Gasteiger partial charge is 0.401 e. The highest BCUT2D eigenvalue weighted by atomic mass is 32.1. The number of likely N-dealkylation sites (N-methyl/N-ethyl adjacent to an activating group) is 1. The van der Waals surface area contributed by atoms with Gasteiger partial charge in [0.1, 0.15) is 0 Å². The van der Waals surface area contributed by atoms with Crippen molar-refractivity contribution >= 4 is 16.5 Å². The van der Waals surface area contributed by atoms with E-state index in [0.717, 1.165) is 5.69 Å². The van der Waals surface area contributed by atoms with Crippen LogP contribution in [0.2, 0.25) is 0 Å². The number of nitrogens with two attached hydrogens (primary N) is 1. The zero-order valence-corrected chi connectivity index (χ0v) is 9.03. The minimum Gasteiger partial charge on any atom is -0.375 e. The van der Waals surface area contributed by atoms with Crippen molar-refractivity contribution in [2.24, 2.45) is 0 Å². The lowest BCUT2D eigenvalue weighted by atomic mass is 10.3. The lowest BCUT2D eigenvalue weighted by molar-refractivity contribution is -0.142. The van der Waals surface area contributed by atoms with E-state index in [1.807, 2.05) is 0 Å². The van der Waals surface area contributed by atoms with Crippen LogP contribution in [0.3, 0.4) is 0 Å². The molecule has 0 amide bonds. The first-order chi connectivity index (χ1) is 6.87. The molecule has 15 heavy (non-hydrogen) atoms. The second kappa shape index (κ2) is 4.80. The molecule has 0 atom stereocenters. The number of nitrogens with zero attached hydrogens (tertiary/aromatic N) is 2. The summed E-state index contributed by atoms with van der Waals surface area (Å²) in [5, 5.41) is 2.21. The van der Waals surface area contributed by atoms with Crippen molar-refractivity contribution in [1.82, 2.24) is 9.88 Å². The van der Waals surface area contributed by atoms with Crippen LogP contribution < -0.4 is 5.73 Å². The van der Waals surface area contributed by atoms with E-state index in [4.69, 9.17) is 5.73 Å². The van der Waals surface area contributed by atoms with Crippen LogP contribution in [0.5, 0.6) is 0 Å². The van der Waals surface area contributed by atoms with Gasteiger partial charge in [-0.05, 0) is 7.05 Å². The maximum Gasteiger partial charge on any atom is 0.401 e. The average Bonchev–Trinajstić information content (AvgIpc) is 2.45. The first kappa shape index (κ1) is 12.3. The molecule has 0 radical (unpaired) electrons. The van der Waals surface area contributed by atoms with Gasteiger partial charge in [-0.25, -0.2) is 4.98 Å². The highest BCUT2D eigenvalue weighted by Gasteiger charge is 2.28. The van der Waals surface area contributed by atoms with Crippen LogP contribution in [0.25, 0.3) is 0 Å². The van der Waals surface area contributed by atoms with E-state index in [0.29, 0.717) is 18.1 Å². The van der Waals surface area contributed by atoms with Gasteiger partial charge in [-0.15, -0.1) is 11.3 Å². The molecule has 0 aliphatic rings. The second-order valence-electron chi connectivity index (χ2n) is 3.28. The highest BCUT2D eigenvalue weighted by Crippen LogP contribution is 2.16. The number of anilines is 1. The summed E-state index contributed by atoms with van der Waals surface area (Å²) in [6.45, 7) is -0.574. The summed E-state index contributed by atoms with van der Waals surface area (Å²) >= 11 is 1.30. The van der Waals surface area contributed by atoms with Crippen molar-refractivity contribution in [2.45, 2.75) is 12.6 Å². The normalized spacial score (nSPS) is 12.3. The third-order valence-corrected chi connectivity index (χ3v) is 2.49. The highest BCUT2D eigenvalue weighted by molar-refractivity contribution is 7.13. The average molecular weight is 239 g/mol. The monoisotopic (exact) mass is 239 g/mol. The fourth-order valence-corrected chi connectivity index (χ4v) is 1.73. The van der Waals surface area contributed by atoms with Gasteiger partial charge in [0.25, 0.3) is 0 Å². The molecule has 1 heterocycles. The number of hydrogen-bond acceptors (Lipinski definition) is 4. The van der Waals surface area contributed by atoms with Crippen molar-refractivity contribution in [1.29, 1.82) is 0 Å². The summed E-state index contributed by atoms with van der Waals surface area (Å²) in [7, 11) is 1.43. The van der Waals surface area contributed by atoms with E-state index in [-0.39, 0.29) is 0 Å². The van der Waals surface area contributed by atoms with Gasteiger partial charge in [0.15, 0.2) is 5.13 Å². The summed E-state index contributed by atoms with van der Waals surface area (Å²) < 4.78 is 35.9. The number of halogens is 3. The minimum atomic E-state index is -4.14. The number of nitrogen functional groups attached to an aromatic ring is 1. The molecule has 0 saturated heterocycles. The second-order valence-corrected chi connectivity index (χ2v) is 4.17. The molecule has 0 spiro atoms. The zero-order valence-electron chi connectivity index (χ0n) is 8.21. The molecule has 1 aromatic rings. The molecule has 0 fully saturated rings. The Balaban J connectivity index is 2.31. The van der Waals surface area contributed by atoms with Gasteiger partial charge in [-0.3, -0.25) is 4.90 Å². The Morgan fingerprint density at radius 3 is 2.67 bits per heavy atom. The van der Waals surface area contributed by atoms with Gasteiger partial charge in [0, 0.05) is 18.3 Å². The fourth-order valence-electron chi connectivity index (χ4n) is 1.13. The van der Waals surface area contributed by atoms with Crippen molar-refractivity contribution in [2.75, 3.05) is 25.9 Å². The van der Waals surface area contributed by atoms with Gasteiger partial charge in [0.05, 0.1) is 12.2 Å². The maximum absolute atomic E-state index is 12.0.